The number of hydrogen-bond acceptors (Lipinski definition) is 4. The van der Waals surface area contributed by atoms with Crippen molar-refractivity contribution >= 4 is 23.2 Å². The highest BCUT2D eigenvalue weighted by atomic mass is 35.5. The summed E-state index contributed by atoms with van der Waals surface area (Å²) in [6.07, 6.45) is 0. The maximum Gasteiger partial charge on any atom is 0.270 e. The topological polar surface area (TPSA) is 66.7 Å². The molecule has 0 aliphatic carbocycles. The Morgan fingerprint density at radius 2 is 2.00 bits per heavy atom. The Morgan fingerprint density at radius 3 is 2.57 bits per heavy atom. The number of carbonyl (C=O) groups excluding carboxylic acids is 1. The number of nitrogens with zero attached hydrogens (tertiary/aromatic N) is 3. The van der Waals surface area contributed by atoms with Gasteiger partial charge in [-0.05, 0) is 12.5 Å². The molecule has 0 atom stereocenters. The molecule has 1 amide bonds. The standard InChI is InChI=1S/C14H18ClN3O3/c1-11-2-3-12(18(20)21)10-13(11)14(19)17-8-6-16(5-4-15)7-9-17/h2-3,10H,4-9H2,1H3. The molecule has 114 valence electrons. The van der Waals surface area contributed by atoms with Crippen LogP contribution in [-0.2, 0) is 0 Å². The molecule has 0 saturated carbocycles. The van der Waals surface area contributed by atoms with Gasteiger partial charge in [-0.25, -0.2) is 0 Å². The molecule has 1 saturated heterocycles. The first-order valence-corrected chi connectivity index (χ1v) is 7.39. The van der Waals surface area contributed by atoms with Crippen LogP contribution in [0.25, 0.3) is 0 Å². The van der Waals surface area contributed by atoms with Crippen LogP contribution in [0.2, 0.25) is 0 Å². The zero-order valence-corrected chi connectivity index (χ0v) is 12.7. The second kappa shape index (κ2) is 6.87. The van der Waals surface area contributed by atoms with Crippen molar-refractivity contribution in [3.05, 3.63) is 39.4 Å². The zero-order chi connectivity index (χ0) is 15.4. The predicted molar refractivity (Wildman–Crippen MR) is 80.9 cm³/mol. The summed E-state index contributed by atoms with van der Waals surface area (Å²) < 4.78 is 0. The number of benzene rings is 1. The van der Waals surface area contributed by atoms with Crippen molar-refractivity contribution < 1.29 is 9.72 Å². The SMILES string of the molecule is Cc1ccc([N+](=O)[O-])cc1C(=O)N1CCN(CCCl)CC1. The lowest BCUT2D eigenvalue weighted by molar-refractivity contribution is -0.384. The van der Waals surface area contributed by atoms with Crippen molar-refractivity contribution in [2.24, 2.45) is 0 Å². The summed E-state index contributed by atoms with van der Waals surface area (Å²) in [5.74, 6) is 0.444. The highest BCUT2D eigenvalue weighted by molar-refractivity contribution is 6.18. The van der Waals surface area contributed by atoms with Crippen LogP contribution in [0.5, 0.6) is 0 Å². The van der Waals surface area contributed by atoms with Gasteiger partial charge in [-0.2, -0.15) is 0 Å². The van der Waals surface area contributed by atoms with Gasteiger partial charge in [-0.15, -0.1) is 11.6 Å². The minimum absolute atomic E-state index is 0.0512. The molecule has 7 heteroatoms. The number of non-ortho nitro benzene ring substituents is 1. The van der Waals surface area contributed by atoms with Gasteiger partial charge in [-0.3, -0.25) is 19.8 Å². The van der Waals surface area contributed by atoms with Crippen LogP contribution in [0, 0.1) is 17.0 Å². The fraction of sp³-hybridized carbons (Fsp3) is 0.500. The monoisotopic (exact) mass is 311 g/mol. The predicted octanol–water partition coefficient (Wildman–Crippen LogP) is 1.90. The lowest BCUT2D eigenvalue weighted by Crippen LogP contribution is -2.49. The molecule has 2 rings (SSSR count). The van der Waals surface area contributed by atoms with Crippen LogP contribution in [0.4, 0.5) is 5.69 Å². The van der Waals surface area contributed by atoms with Crippen molar-refractivity contribution in [3.8, 4) is 0 Å². The summed E-state index contributed by atoms with van der Waals surface area (Å²) in [5.41, 5.74) is 1.12. The Bertz CT molecular complexity index is 542. The number of nitro groups is 1. The van der Waals surface area contributed by atoms with Gasteiger partial charge in [0.25, 0.3) is 11.6 Å². The molecule has 1 aliphatic rings. The minimum Gasteiger partial charge on any atom is -0.336 e. The molecule has 1 heterocycles. The van der Waals surface area contributed by atoms with Gasteiger partial charge in [0.2, 0.25) is 0 Å². The maximum atomic E-state index is 12.5. The van der Waals surface area contributed by atoms with Gasteiger partial charge in [0, 0.05) is 56.3 Å². The van der Waals surface area contributed by atoms with Crippen molar-refractivity contribution in [3.63, 3.8) is 0 Å². The van der Waals surface area contributed by atoms with Gasteiger partial charge >= 0.3 is 0 Å². The molecule has 0 radical (unpaired) electrons. The molecule has 0 N–H and O–H groups in total. The van der Waals surface area contributed by atoms with E-state index in [1.54, 1.807) is 17.9 Å². The molecule has 1 fully saturated rings. The molecule has 0 spiro atoms. The largest absolute Gasteiger partial charge is 0.336 e. The first kappa shape index (κ1) is 15.7. The van der Waals surface area contributed by atoms with E-state index in [9.17, 15) is 14.9 Å². The van der Waals surface area contributed by atoms with Crippen molar-refractivity contribution in [1.29, 1.82) is 0 Å². The molecule has 0 bridgehead atoms. The van der Waals surface area contributed by atoms with E-state index < -0.39 is 4.92 Å². The average molecular weight is 312 g/mol. The number of amides is 1. The zero-order valence-electron chi connectivity index (χ0n) is 11.9. The van der Waals surface area contributed by atoms with Crippen LogP contribution in [0.15, 0.2) is 18.2 Å². The highest BCUT2D eigenvalue weighted by Crippen LogP contribution is 2.19. The van der Waals surface area contributed by atoms with E-state index in [0.717, 1.165) is 25.2 Å². The van der Waals surface area contributed by atoms with E-state index in [1.165, 1.54) is 12.1 Å². The van der Waals surface area contributed by atoms with Gasteiger partial charge in [-0.1, -0.05) is 6.07 Å². The van der Waals surface area contributed by atoms with Crippen LogP contribution >= 0.6 is 11.6 Å². The third-order valence-electron chi connectivity index (χ3n) is 3.72. The molecular formula is C14H18ClN3O3. The molecule has 21 heavy (non-hydrogen) atoms. The minimum atomic E-state index is -0.478. The van der Waals surface area contributed by atoms with E-state index >= 15 is 0 Å². The van der Waals surface area contributed by atoms with Crippen molar-refractivity contribution in [1.82, 2.24) is 9.80 Å². The van der Waals surface area contributed by atoms with Gasteiger partial charge in [0.15, 0.2) is 0 Å². The van der Waals surface area contributed by atoms with Gasteiger partial charge in [0.05, 0.1) is 4.92 Å². The summed E-state index contributed by atoms with van der Waals surface area (Å²) in [5, 5.41) is 10.8. The fourth-order valence-electron chi connectivity index (χ4n) is 2.42. The quantitative estimate of drug-likeness (QED) is 0.484. The van der Waals surface area contributed by atoms with E-state index in [2.05, 4.69) is 4.90 Å². The Morgan fingerprint density at radius 1 is 1.33 bits per heavy atom. The van der Waals surface area contributed by atoms with Crippen LogP contribution in [-0.4, -0.2) is 59.2 Å². The van der Waals surface area contributed by atoms with Crippen molar-refractivity contribution in [2.45, 2.75) is 6.92 Å². The summed E-state index contributed by atoms with van der Waals surface area (Å²) in [7, 11) is 0. The van der Waals surface area contributed by atoms with Gasteiger partial charge < -0.3 is 4.90 Å². The van der Waals surface area contributed by atoms with Crippen molar-refractivity contribution in [2.75, 3.05) is 38.6 Å². The third-order valence-corrected chi connectivity index (χ3v) is 3.89. The van der Waals surface area contributed by atoms with Crippen LogP contribution in [0.1, 0.15) is 15.9 Å². The smallest absolute Gasteiger partial charge is 0.270 e. The summed E-state index contributed by atoms with van der Waals surface area (Å²) in [4.78, 5) is 26.8. The molecular weight excluding hydrogens is 294 g/mol. The first-order valence-electron chi connectivity index (χ1n) is 6.85. The molecule has 6 nitrogen and oxygen atoms in total. The summed E-state index contributed by atoms with van der Waals surface area (Å²) in [6, 6.07) is 4.41. The number of carbonyl (C=O) groups is 1. The number of hydrogen-bond donors (Lipinski definition) is 0. The number of rotatable bonds is 4. The fourth-order valence-corrected chi connectivity index (χ4v) is 2.66. The average Bonchev–Trinajstić information content (AvgIpc) is 2.48. The van der Waals surface area contributed by atoms with Crippen LogP contribution in [0.3, 0.4) is 0 Å². The number of piperazine rings is 1. The van der Waals surface area contributed by atoms with Crippen LogP contribution < -0.4 is 0 Å². The van der Waals surface area contributed by atoms with E-state index in [-0.39, 0.29) is 11.6 Å². The lowest BCUT2D eigenvalue weighted by Gasteiger charge is -2.34. The molecule has 0 aromatic heterocycles. The van der Waals surface area contributed by atoms with E-state index in [4.69, 9.17) is 11.6 Å². The van der Waals surface area contributed by atoms with Gasteiger partial charge in [0.1, 0.15) is 0 Å². The second-order valence-electron chi connectivity index (χ2n) is 5.08. The molecule has 1 aliphatic heterocycles. The number of halogens is 1. The first-order chi connectivity index (χ1) is 10.0. The normalized spacial score (nSPS) is 16.0. The summed E-state index contributed by atoms with van der Waals surface area (Å²) in [6.45, 7) is 5.43. The molecule has 1 aromatic carbocycles. The van der Waals surface area contributed by atoms with E-state index in [1.807, 2.05) is 0 Å². The molecule has 1 aromatic rings. The Hall–Kier alpha value is -1.66. The number of alkyl halides is 1. The van der Waals surface area contributed by atoms with E-state index in [0.29, 0.717) is 24.5 Å². The highest BCUT2D eigenvalue weighted by Gasteiger charge is 2.24. The number of aryl methyl sites for hydroxylation is 1. The Balaban J connectivity index is 2.10. The molecule has 0 unspecified atom stereocenters. The third kappa shape index (κ3) is 3.71. The number of nitro benzene ring substituents is 1. The summed E-state index contributed by atoms with van der Waals surface area (Å²) >= 11 is 5.71. The Kier molecular flexibility index (Phi) is 5.14. The maximum absolute atomic E-state index is 12.5. The lowest BCUT2D eigenvalue weighted by atomic mass is 10.1. The Labute approximate surface area is 128 Å². The second-order valence-corrected chi connectivity index (χ2v) is 5.46.